The minimum absolute atomic E-state index is 0.264. The molecule has 0 N–H and O–H groups in total. The van der Waals surface area contributed by atoms with E-state index in [1.165, 1.54) is 11.6 Å². The second-order valence-corrected chi connectivity index (χ2v) is 6.96. The maximum absolute atomic E-state index is 12.3. The summed E-state index contributed by atoms with van der Waals surface area (Å²) in [6, 6.07) is 11.4. The van der Waals surface area contributed by atoms with E-state index in [2.05, 4.69) is 6.07 Å². The average Bonchev–Trinajstić information content (AvgIpc) is 2.73. The highest BCUT2D eigenvalue weighted by Gasteiger charge is 2.12. The smallest absolute Gasteiger partial charge is 0.331 e. The Morgan fingerprint density at radius 3 is 2.50 bits per heavy atom. The molecule has 2 aromatic carbocycles. The van der Waals surface area contributed by atoms with Gasteiger partial charge in [-0.05, 0) is 55.7 Å². The molecule has 0 saturated carbocycles. The van der Waals surface area contributed by atoms with E-state index in [0.29, 0.717) is 24.7 Å². The highest BCUT2D eigenvalue weighted by atomic mass is 16.5. The third kappa shape index (κ3) is 6.65. The second-order valence-electron chi connectivity index (χ2n) is 6.96. The number of amides is 1. The number of rotatable bonds is 9. The van der Waals surface area contributed by atoms with Gasteiger partial charge in [-0.3, -0.25) is 4.79 Å². The number of benzene rings is 2. The fraction of sp³-hybridized carbons (Fsp3) is 0.333. The van der Waals surface area contributed by atoms with Crippen LogP contribution in [0.1, 0.15) is 29.2 Å². The largest absolute Gasteiger partial charge is 0.493 e. The van der Waals surface area contributed by atoms with Gasteiger partial charge in [0.1, 0.15) is 0 Å². The summed E-state index contributed by atoms with van der Waals surface area (Å²) >= 11 is 0. The number of nitrogens with zero attached hydrogens (tertiary/aromatic N) is 1. The van der Waals surface area contributed by atoms with Gasteiger partial charge in [0.15, 0.2) is 18.1 Å². The molecule has 0 unspecified atom stereocenters. The van der Waals surface area contributed by atoms with Crippen molar-refractivity contribution in [3.63, 3.8) is 0 Å². The predicted octanol–water partition coefficient (Wildman–Crippen LogP) is 3.93. The molecule has 0 spiro atoms. The molecule has 0 aromatic heterocycles. The third-order valence-electron chi connectivity index (χ3n) is 4.57. The Morgan fingerprint density at radius 1 is 1.07 bits per heavy atom. The number of carbonyl (C=O) groups excluding carboxylic acids is 2. The van der Waals surface area contributed by atoms with Crippen LogP contribution in [-0.4, -0.2) is 44.1 Å². The van der Waals surface area contributed by atoms with Gasteiger partial charge in [0.25, 0.3) is 5.91 Å². The quantitative estimate of drug-likeness (QED) is 0.462. The van der Waals surface area contributed by atoms with E-state index in [1.54, 1.807) is 43.3 Å². The van der Waals surface area contributed by atoms with Crippen molar-refractivity contribution in [2.75, 3.05) is 27.4 Å². The van der Waals surface area contributed by atoms with E-state index < -0.39 is 5.97 Å². The zero-order valence-electron chi connectivity index (χ0n) is 18.2. The first kappa shape index (κ1) is 23.0. The summed E-state index contributed by atoms with van der Waals surface area (Å²) in [6.07, 6.45) is 2.89. The first-order chi connectivity index (χ1) is 14.3. The Kier molecular flexibility index (Phi) is 8.47. The molecular weight excluding hydrogens is 382 g/mol. The topological polar surface area (TPSA) is 65.1 Å². The van der Waals surface area contributed by atoms with Crippen molar-refractivity contribution >= 4 is 18.0 Å². The van der Waals surface area contributed by atoms with Crippen molar-refractivity contribution in [1.29, 1.82) is 0 Å². The molecule has 0 atom stereocenters. The normalized spacial score (nSPS) is 10.7. The molecule has 0 aliphatic rings. The average molecular weight is 411 g/mol. The van der Waals surface area contributed by atoms with E-state index in [4.69, 9.17) is 14.2 Å². The fourth-order valence-corrected chi connectivity index (χ4v) is 2.88. The Labute approximate surface area is 178 Å². The van der Waals surface area contributed by atoms with Crippen LogP contribution in [-0.2, 0) is 20.9 Å². The lowest BCUT2D eigenvalue weighted by Gasteiger charge is -2.18. The van der Waals surface area contributed by atoms with Gasteiger partial charge in [-0.2, -0.15) is 0 Å². The molecule has 0 heterocycles. The zero-order valence-corrected chi connectivity index (χ0v) is 18.2. The molecule has 6 nitrogen and oxygen atoms in total. The standard InChI is InChI=1S/C24H29NO5/c1-6-29-21-11-8-19(14-22(21)28-5)9-12-24(27)30-16-23(26)25(4)15-20-10-7-17(2)13-18(20)3/h7-14H,6,15-16H2,1-5H3/b12-9+. The van der Waals surface area contributed by atoms with E-state index in [9.17, 15) is 9.59 Å². The van der Waals surface area contributed by atoms with Crippen LogP contribution in [0.15, 0.2) is 42.5 Å². The van der Waals surface area contributed by atoms with Gasteiger partial charge in [-0.15, -0.1) is 0 Å². The van der Waals surface area contributed by atoms with E-state index in [0.717, 1.165) is 16.7 Å². The minimum Gasteiger partial charge on any atom is -0.493 e. The number of hydrogen-bond acceptors (Lipinski definition) is 5. The number of esters is 1. The molecule has 0 saturated heterocycles. The Balaban J connectivity index is 1.88. The minimum atomic E-state index is -0.587. The zero-order chi connectivity index (χ0) is 22.1. The van der Waals surface area contributed by atoms with Crippen LogP contribution in [0.25, 0.3) is 6.08 Å². The van der Waals surface area contributed by atoms with E-state index >= 15 is 0 Å². The molecule has 30 heavy (non-hydrogen) atoms. The van der Waals surface area contributed by atoms with Crippen molar-refractivity contribution in [1.82, 2.24) is 4.90 Å². The fourth-order valence-electron chi connectivity index (χ4n) is 2.88. The molecule has 0 radical (unpaired) electrons. The van der Waals surface area contributed by atoms with Crippen LogP contribution in [0.4, 0.5) is 0 Å². The van der Waals surface area contributed by atoms with Crippen LogP contribution in [0.2, 0.25) is 0 Å². The monoisotopic (exact) mass is 411 g/mol. The third-order valence-corrected chi connectivity index (χ3v) is 4.57. The summed E-state index contributed by atoms with van der Waals surface area (Å²) < 4.78 is 15.8. The van der Waals surface area contributed by atoms with Gasteiger partial charge in [0, 0.05) is 19.7 Å². The molecule has 6 heteroatoms. The molecule has 2 rings (SSSR count). The second kappa shape index (κ2) is 11.0. The molecule has 1 amide bonds. The maximum atomic E-state index is 12.3. The Bertz CT molecular complexity index is 920. The van der Waals surface area contributed by atoms with Gasteiger partial charge in [0.2, 0.25) is 0 Å². The number of aryl methyl sites for hydroxylation is 2. The van der Waals surface area contributed by atoms with Gasteiger partial charge in [-0.25, -0.2) is 4.79 Å². The lowest BCUT2D eigenvalue weighted by Crippen LogP contribution is -2.30. The summed E-state index contributed by atoms with van der Waals surface area (Å²) in [7, 11) is 3.25. The van der Waals surface area contributed by atoms with Crippen molar-refractivity contribution < 1.29 is 23.8 Å². The molecule has 160 valence electrons. The Morgan fingerprint density at radius 2 is 1.83 bits per heavy atom. The summed E-state index contributed by atoms with van der Waals surface area (Å²) in [6.45, 7) is 6.62. The number of carbonyl (C=O) groups is 2. The maximum Gasteiger partial charge on any atom is 0.331 e. The summed E-state index contributed by atoms with van der Waals surface area (Å²) in [5.74, 6) is 0.364. The van der Waals surface area contributed by atoms with E-state index in [1.807, 2.05) is 32.9 Å². The molecule has 0 bridgehead atoms. The lowest BCUT2D eigenvalue weighted by molar-refractivity contribution is -0.147. The summed E-state index contributed by atoms with van der Waals surface area (Å²) in [5, 5.41) is 0. The first-order valence-electron chi connectivity index (χ1n) is 9.79. The van der Waals surface area contributed by atoms with Gasteiger partial charge < -0.3 is 19.1 Å². The highest BCUT2D eigenvalue weighted by Crippen LogP contribution is 2.28. The van der Waals surface area contributed by atoms with Crippen molar-refractivity contribution in [3.8, 4) is 11.5 Å². The molecular formula is C24H29NO5. The van der Waals surface area contributed by atoms with Crippen LogP contribution in [0, 0.1) is 13.8 Å². The highest BCUT2D eigenvalue weighted by molar-refractivity contribution is 5.89. The van der Waals surface area contributed by atoms with E-state index in [-0.39, 0.29) is 12.5 Å². The SMILES string of the molecule is CCOc1ccc(/C=C/C(=O)OCC(=O)N(C)Cc2ccc(C)cc2C)cc1OC. The number of methoxy groups -OCH3 is 1. The van der Waals surface area contributed by atoms with Crippen LogP contribution in [0.3, 0.4) is 0 Å². The number of hydrogen-bond donors (Lipinski definition) is 0. The van der Waals surface area contributed by atoms with Gasteiger partial charge >= 0.3 is 5.97 Å². The Hall–Kier alpha value is -3.28. The van der Waals surface area contributed by atoms with Crippen molar-refractivity contribution in [2.24, 2.45) is 0 Å². The van der Waals surface area contributed by atoms with Crippen LogP contribution in [0.5, 0.6) is 11.5 Å². The molecule has 0 fully saturated rings. The lowest BCUT2D eigenvalue weighted by atomic mass is 10.1. The number of likely N-dealkylation sites (N-methyl/N-ethyl adjacent to an activating group) is 1. The summed E-state index contributed by atoms with van der Waals surface area (Å²) in [4.78, 5) is 25.8. The molecule has 2 aromatic rings. The van der Waals surface area contributed by atoms with Gasteiger partial charge in [-0.1, -0.05) is 29.8 Å². The predicted molar refractivity (Wildman–Crippen MR) is 117 cm³/mol. The van der Waals surface area contributed by atoms with Crippen molar-refractivity contribution in [3.05, 3.63) is 64.7 Å². The van der Waals surface area contributed by atoms with Crippen LogP contribution < -0.4 is 9.47 Å². The van der Waals surface area contributed by atoms with Crippen LogP contribution >= 0.6 is 0 Å². The molecule has 0 aliphatic carbocycles. The molecule has 0 aliphatic heterocycles. The van der Waals surface area contributed by atoms with Crippen molar-refractivity contribution in [2.45, 2.75) is 27.3 Å². The summed E-state index contributed by atoms with van der Waals surface area (Å²) in [5.41, 5.74) is 4.12. The first-order valence-corrected chi connectivity index (χ1v) is 9.79. The number of ether oxygens (including phenoxy) is 3. The van der Waals surface area contributed by atoms with Gasteiger partial charge in [0.05, 0.1) is 13.7 Å².